The summed E-state index contributed by atoms with van der Waals surface area (Å²) in [7, 11) is 4.79. The number of terminal acetylenes is 1. The smallest absolute Gasteiger partial charge is 0.203 e. The van der Waals surface area contributed by atoms with Gasteiger partial charge >= 0.3 is 0 Å². The van der Waals surface area contributed by atoms with Crippen LogP contribution >= 0.6 is 0 Å². The summed E-state index contributed by atoms with van der Waals surface area (Å²) >= 11 is 0. The van der Waals surface area contributed by atoms with Crippen LogP contribution in [0.2, 0.25) is 0 Å². The predicted molar refractivity (Wildman–Crippen MR) is 76.0 cm³/mol. The van der Waals surface area contributed by atoms with Gasteiger partial charge in [-0.1, -0.05) is 6.92 Å². The van der Waals surface area contributed by atoms with Crippen molar-refractivity contribution in [2.75, 3.05) is 27.9 Å². The molecule has 0 fully saturated rings. The Morgan fingerprint density at radius 3 is 2.11 bits per heavy atom. The van der Waals surface area contributed by atoms with Crippen LogP contribution in [0.15, 0.2) is 12.1 Å². The van der Waals surface area contributed by atoms with E-state index in [-0.39, 0.29) is 6.04 Å². The third kappa shape index (κ3) is 3.55. The lowest BCUT2D eigenvalue weighted by Crippen LogP contribution is -2.20. The van der Waals surface area contributed by atoms with Gasteiger partial charge in [0.2, 0.25) is 5.75 Å². The lowest BCUT2D eigenvalue weighted by molar-refractivity contribution is 0.323. The average Bonchev–Trinajstić information content (AvgIpc) is 2.45. The van der Waals surface area contributed by atoms with Gasteiger partial charge in [0.1, 0.15) is 0 Å². The van der Waals surface area contributed by atoms with Gasteiger partial charge in [-0.2, -0.15) is 0 Å². The number of ether oxygens (including phenoxy) is 3. The van der Waals surface area contributed by atoms with Gasteiger partial charge in [-0.15, -0.1) is 12.3 Å². The molecule has 1 rings (SSSR count). The van der Waals surface area contributed by atoms with Crippen LogP contribution in [0.5, 0.6) is 17.2 Å². The Labute approximate surface area is 115 Å². The van der Waals surface area contributed by atoms with E-state index in [1.54, 1.807) is 21.3 Å². The van der Waals surface area contributed by atoms with Crippen molar-refractivity contribution in [3.05, 3.63) is 17.7 Å². The van der Waals surface area contributed by atoms with Crippen molar-refractivity contribution < 1.29 is 14.2 Å². The highest BCUT2D eigenvalue weighted by Crippen LogP contribution is 2.40. The molecule has 4 heteroatoms. The predicted octanol–water partition coefficient (Wildman–Crippen LogP) is 2.39. The number of hydrogen-bond donors (Lipinski definition) is 1. The fourth-order valence-corrected chi connectivity index (χ4v) is 1.97. The minimum absolute atomic E-state index is 0.0729. The van der Waals surface area contributed by atoms with Crippen molar-refractivity contribution in [2.45, 2.75) is 19.4 Å². The van der Waals surface area contributed by atoms with Crippen LogP contribution < -0.4 is 19.5 Å². The van der Waals surface area contributed by atoms with Crippen molar-refractivity contribution in [1.29, 1.82) is 0 Å². The summed E-state index contributed by atoms with van der Waals surface area (Å²) in [6.45, 7) is 2.88. The molecule has 0 radical (unpaired) electrons. The zero-order valence-electron chi connectivity index (χ0n) is 11.9. The van der Waals surface area contributed by atoms with Gasteiger partial charge in [0.05, 0.1) is 21.3 Å². The highest BCUT2D eigenvalue weighted by molar-refractivity contribution is 5.54. The Morgan fingerprint density at radius 2 is 1.74 bits per heavy atom. The van der Waals surface area contributed by atoms with E-state index >= 15 is 0 Å². The summed E-state index contributed by atoms with van der Waals surface area (Å²) in [5.74, 6) is 4.54. The van der Waals surface area contributed by atoms with Crippen LogP contribution in [0.4, 0.5) is 0 Å². The van der Waals surface area contributed by atoms with Crippen LogP contribution in [0.3, 0.4) is 0 Å². The number of rotatable bonds is 7. The first-order chi connectivity index (χ1) is 9.21. The van der Waals surface area contributed by atoms with Gasteiger partial charge in [-0.05, 0) is 24.2 Å². The first kappa shape index (κ1) is 15.2. The highest BCUT2D eigenvalue weighted by Gasteiger charge is 2.17. The standard InChI is InChI=1S/C15H21NO3/c1-6-8-12(16-7-2)11-9-13(17-3)15(19-5)14(10-11)18-4/h1,9-10,12,16H,7-8H2,2-5H3. The van der Waals surface area contributed by atoms with Crippen molar-refractivity contribution in [3.63, 3.8) is 0 Å². The zero-order valence-corrected chi connectivity index (χ0v) is 11.9. The van der Waals surface area contributed by atoms with Crippen LogP contribution in [-0.4, -0.2) is 27.9 Å². The molecule has 1 atom stereocenters. The molecule has 0 amide bonds. The fourth-order valence-electron chi connectivity index (χ4n) is 1.97. The van der Waals surface area contributed by atoms with E-state index in [1.807, 2.05) is 19.1 Å². The maximum Gasteiger partial charge on any atom is 0.203 e. The summed E-state index contributed by atoms with van der Waals surface area (Å²) in [4.78, 5) is 0. The summed E-state index contributed by atoms with van der Waals surface area (Å²) in [6.07, 6.45) is 6.02. The first-order valence-corrected chi connectivity index (χ1v) is 6.18. The Kier molecular flexibility index (Phi) is 6.04. The Bertz CT molecular complexity index is 426. The molecule has 0 aliphatic carbocycles. The maximum atomic E-state index is 5.42. The molecule has 1 unspecified atom stereocenters. The number of methoxy groups -OCH3 is 3. The van der Waals surface area contributed by atoms with Gasteiger partial charge < -0.3 is 19.5 Å². The van der Waals surface area contributed by atoms with E-state index in [4.69, 9.17) is 20.6 Å². The lowest BCUT2D eigenvalue weighted by atomic mass is 10.0. The largest absolute Gasteiger partial charge is 0.493 e. The molecule has 0 aliphatic rings. The molecule has 1 aromatic rings. The summed E-state index contributed by atoms with van der Waals surface area (Å²) in [6, 6.07) is 3.92. The second-order valence-corrected chi connectivity index (χ2v) is 3.98. The van der Waals surface area contributed by atoms with Gasteiger partial charge in [0.15, 0.2) is 11.5 Å². The molecule has 0 saturated heterocycles. The minimum Gasteiger partial charge on any atom is -0.493 e. The highest BCUT2D eigenvalue weighted by atomic mass is 16.5. The summed E-state index contributed by atoms with van der Waals surface area (Å²) in [5, 5.41) is 3.35. The number of nitrogens with one attached hydrogen (secondary N) is 1. The Morgan fingerprint density at radius 1 is 1.16 bits per heavy atom. The molecular weight excluding hydrogens is 242 g/mol. The quantitative estimate of drug-likeness (QED) is 0.767. The molecule has 0 spiro atoms. The second kappa shape index (κ2) is 7.55. The summed E-state index contributed by atoms with van der Waals surface area (Å²) in [5.41, 5.74) is 1.02. The van der Waals surface area contributed by atoms with Gasteiger partial charge in [-0.3, -0.25) is 0 Å². The molecule has 0 bridgehead atoms. The lowest BCUT2D eigenvalue weighted by Gasteiger charge is -2.19. The van der Waals surface area contributed by atoms with Crippen LogP contribution in [0.25, 0.3) is 0 Å². The van der Waals surface area contributed by atoms with Gasteiger partial charge in [-0.25, -0.2) is 0 Å². The molecule has 0 aliphatic heterocycles. The third-order valence-electron chi connectivity index (χ3n) is 2.86. The van der Waals surface area contributed by atoms with Gasteiger partial charge in [0.25, 0.3) is 0 Å². The normalized spacial score (nSPS) is 11.5. The SMILES string of the molecule is C#CCC(NCC)c1cc(OC)c(OC)c(OC)c1. The van der Waals surface area contributed by atoms with Crippen molar-refractivity contribution >= 4 is 0 Å². The van der Waals surface area contributed by atoms with E-state index in [9.17, 15) is 0 Å². The molecular formula is C15H21NO3. The van der Waals surface area contributed by atoms with E-state index in [1.165, 1.54) is 0 Å². The van der Waals surface area contributed by atoms with Gasteiger partial charge in [0, 0.05) is 12.5 Å². The molecule has 19 heavy (non-hydrogen) atoms. The molecule has 1 aromatic carbocycles. The zero-order chi connectivity index (χ0) is 14.3. The Hall–Kier alpha value is -1.86. The van der Waals surface area contributed by atoms with Crippen LogP contribution in [-0.2, 0) is 0 Å². The second-order valence-electron chi connectivity index (χ2n) is 3.98. The first-order valence-electron chi connectivity index (χ1n) is 6.18. The topological polar surface area (TPSA) is 39.7 Å². The van der Waals surface area contributed by atoms with Crippen molar-refractivity contribution in [2.24, 2.45) is 0 Å². The van der Waals surface area contributed by atoms with E-state index < -0.39 is 0 Å². The average molecular weight is 263 g/mol. The minimum atomic E-state index is 0.0729. The van der Waals surface area contributed by atoms with E-state index in [0.29, 0.717) is 23.7 Å². The molecule has 0 saturated carbocycles. The molecule has 104 valence electrons. The number of hydrogen-bond acceptors (Lipinski definition) is 4. The van der Waals surface area contributed by atoms with Crippen molar-refractivity contribution in [3.8, 4) is 29.6 Å². The molecule has 4 nitrogen and oxygen atoms in total. The maximum absolute atomic E-state index is 5.42. The number of benzene rings is 1. The fraction of sp³-hybridized carbons (Fsp3) is 0.467. The Balaban J connectivity index is 3.23. The van der Waals surface area contributed by atoms with Crippen molar-refractivity contribution in [1.82, 2.24) is 5.32 Å². The van der Waals surface area contributed by atoms with Crippen LogP contribution in [0.1, 0.15) is 24.9 Å². The molecule has 0 heterocycles. The molecule has 1 N–H and O–H groups in total. The van der Waals surface area contributed by atoms with E-state index in [2.05, 4.69) is 11.2 Å². The van der Waals surface area contributed by atoms with E-state index in [0.717, 1.165) is 12.1 Å². The summed E-state index contributed by atoms with van der Waals surface area (Å²) < 4.78 is 16.0. The monoisotopic (exact) mass is 263 g/mol. The third-order valence-corrected chi connectivity index (χ3v) is 2.86. The molecule has 0 aromatic heterocycles. The van der Waals surface area contributed by atoms with Crippen LogP contribution in [0, 0.1) is 12.3 Å².